The Morgan fingerprint density at radius 3 is 2.42 bits per heavy atom. The number of hydrogen-bond donors (Lipinski definition) is 0. The first kappa shape index (κ1) is 9.62. The summed E-state index contributed by atoms with van der Waals surface area (Å²) < 4.78 is 25.5. The Labute approximate surface area is 71.1 Å². The molecule has 1 nitrogen and oxygen atoms in total. The number of alkyl halides is 2. The fourth-order valence-corrected chi connectivity index (χ4v) is 1.68. The summed E-state index contributed by atoms with van der Waals surface area (Å²) in [7, 11) is 0. The van der Waals surface area contributed by atoms with Crippen molar-refractivity contribution in [1.82, 2.24) is 0 Å². The van der Waals surface area contributed by atoms with Crippen LogP contribution < -0.4 is 0 Å². The summed E-state index contributed by atoms with van der Waals surface area (Å²) in [6, 6.07) is 0. The van der Waals surface area contributed by atoms with Gasteiger partial charge in [-0.05, 0) is 12.3 Å². The fourth-order valence-electron chi connectivity index (χ4n) is 1.68. The van der Waals surface area contributed by atoms with Gasteiger partial charge in [0.05, 0.1) is 0 Å². The van der Waals surface area contributed by atoms with Gasteiger partial charge in [-0.1, -0.05) is 13.8 Å². The number of carbonyl (C=O) groups is 1. The van der Waals surface area contributed by atoms with Gasteiger partial charge in [0, 0.05) is 18.3 Å². The van der Waals surface area contributed by atoms with Crippen LogP contribution in [0.3, 0.4) is 0 Å². The first-order chi connectivity index (χ1) is 5.37. The minimum atomic E-state index is -2.54. The summed E-state index contributed by atoms with van der Waals surface area (Å²) in [6.07, 6.45) is 1.07. The zero-order valence-corrected chi connectivity index (χ0v) is 7.44. The number of halogens is 2. The summed E-state index contributed by atoms with van der Waals surface area (Å²) in [5.74, 6) is -2.68. The molecule has 0 bridgehead atoms. The molecule has 0 aliphatic heterocycles. The van der Waals surface area contributed by atoms with Gasteiger partial charge in [-0.15, -0.1) is 0 Å². The second-order valence-electron chi connectivity index (χ2n) is 4.23. The molecule has 1 fully saturated rings. The molecule has 0 aromatic carbocycles. The molecule has 1 rings (SSSR count). The molecule has 0 aromatic rings. The van der Waals surface area contributed by atoms with Crippen molar-refractivity contribution in [1.29, 1.82) is 0 Å². The SMILES string of the molecule is CC(C)(C=O)C1CCC(F)(F)C1. The molecule has 0 spiro atoms. The van der Waals surface area contributed by atoms with E-state index in [9.17, 15) is 13.6 Å². The minimum Gasteiger partial charge on any atom is -0.303 e. The second-order valence-corrected chi connectivity index (χ2v) is 4.23. The third-order valence-corrected chi connectivity index (χ3v) is 2.76. The summed E-state index contributed by atoms with van der Waals surface area (Å²) in [6.45, 7) is 3.46. The van der Waals surface area contributed by atoms with Gasteiger partial charge in [-0.2, -0.15) is 0 Å². The maximum atomic E-state index is 12.7. The van der Waals surface area contributed by atoms with Crippen molar-refractivity contribution in [2.24, 2.45) is 11.3 Å². The van der Waals surface area contributed by atoms with Crippen molar-refractivity contribution in [3.05, 3.63) is 0 Å². The molecule has 0 heterocycles. The lowest BCUT2D eigenvalue weighted by Crippen LogP contribution is -2.24. The Kier molecular flexibility index (Phi) is 2.23. The summed E-state index contributed by atoms with van der Waals surface area (Å²) in [4.78, 5) is 10.6. The molecule has 0 amide bonds. The molecule has 3 heteroatoms. The molecule has 0 saturated heterocycles. The van der Waals surface area contributed by atoms with Crippen LogP contribution in [0.1, 0.15) is 33.1 Å². The zero-order valence-electron chi connectivity index (χ0n) is 7.44. The highest BCUT2D eigenvalue weighted by atomic mass is 19.3. The normalized spacial score (nSPS) is 28.8. The van der Waals surface area contributed by atoms with Gasteiger partial charge in [0.2, 0.25) is 5.92 Å². The number of aldehydes is 1. The van der Waals surface area contributed by atoms with Crippen molar-refractivity contribution in [2.45, 2.75) is 39.0 Å². The van der Waals surface area contributed by atoms with Crippen LogP contribution in [0.25, 0.3) is 0 Å². The molecule has 1 atom stereocenters. The lowest BCUT2D eigenvalue weighted by atomic mass is 9.79. The average molecular weight is 176 g/mol. The third-order valence-electron chi connectivity index (χ3n) is 2.76. The van der Waals surface area contributed by atoms with Crippen molar-refractivity contribution in [2.75, 3.05) is 0 Å². The first-order valence-corrected chi connectivity index (χ1v) is 4.21. The zero-order chi connectivity index (χ0) is 9.41. The van der Waals surface area contributed by atoms with Crippen LogP contribution in [0.4, 0.5) is 8.78 Å². The Morgan fingerprint density at radius 1 is 1.50 bits per heavy atom. The topological polar surface area (TPSA) is 17.1 Å². The summed E-state index contributed by atoms with van der Waals surface area (Å²) in [5.41, 5.74) is -0.583. The molecule has 12 heavy (non-hydrogen) atoms. The Hall–Kier alpha value is -0.470. The maximum Gasteiger partial charge on any atom is 0.248 e. The van der Waals surface area contributed by atoms with E-state index in [0.717, 1.165) is 6.29 Å². The van der Waals surface area contributed by atoms with E-state index in [0.29, 0.717) is 6.42 Å². The highest BCUT2D eigenvalue weighted by Gasteiger charge is 2.45. The van der Waals surface area contributed by atoms with Gasteiger partial charge in [-0.3, -0.25) is 0 Å². The molecule has 1 aliphatic carbocycles. The maximum absolute atomic E-state index is 12.7. The van der Waals surface area contributed by atoms with Crippen molar-refractivity contribution >= 4 is 6.29 Å². The van der Waals surface area contributed by atoms with Crippen molar-refractivity contribution in [3.63, 3.8) is 0 Å². The minimum absolute atomic E-state index is 0.0606. The monoisotopic (exact) mass is 176 g/mol. The van der Waals surface area contributed by atoms with Gasteiger partial charge in [0.15, 0.2) is 0 Å². The van der Waals surface area contributed by atoms with Gasteiger partial charge in [0.25, 0.3) is 0 Å². The van der Waals surface area contributed by atoms with Gasteiger partial charge >= 0.3 is 0 Å². The van der Waals surface area contributed by atoms with Crippen molar-refractivity contribution in [3.8, 4) is 0 Å². The predicted molar refractivity (Wildman–Crippen MR) is 42.1 cm³/mol. The van der Waals surface area contributed by atoms with Gasteiger partial charge in [-0.25, -0.2) is 8.78 Å². The standard InChI is InChI=1S/C9H14F2O/c1-8(2,6-12)7-3-4-9(10,11)5-7/h6-7H,3-5H2,1-2H3. The van der Waals surface area contributed by atoms with E-state index >= 15 is 0 Å². The van der Waals surface area contributed by atoms with Crippen LogP contribution in [0.15, 0.2) is 0 Å². The van der Waals surface area contributed by atoms with Crippen molar-refractivity contribution < 1.29 is 13.6 Å². The average Bonchev–Trinajstić information content (AvgIpc) is 2.31. The van der Waals surface area contributed by atoms with E-state index in [1.807, 2.05) is 0 Å². The smallest absolute Gasteiger partial charge is 0.248 e. The van der Waals surface area contributed by atoms with Crippen LogP contribution in [0, 0.1) is 11.3 Å². The van der Waals surface area contributed by atoms with E-state index in [4.69, 9.17) is 0 Å². The Bertz CT molecular complexity index is 187. The molecule has 0 aromatic heterocycles. The lowest BCUT2D eigenvalue weighted by molar-refractivity contribution is -0.117. The van der Waals surface area contributed by atoms with Crippen LogP contribution in [-0.4, -0.2) is 12.2 Å². The molecule has 1 unspecified atom stereocenters. The molecule has 70 valence electrons. The fraction of sp³-hybridized carbons (Fsp3) is 0.889. The highest BCUT2D eigenvalue weighted by Crippen LogP contribution is 2.45. The van der Waals surface area contributed by atoms with E-state index in [1.165, 1.54) is 0 Å². The number of carbonyl (C=O) groups excluding carboxylic acids is 1. The van der Waals surface area contributed by atoms with Crippen LogP contribution in [0.5, 0.6) is 0 Å². The molecule has 0 N–H and O–H groups in total. The van der Waals surface area contributed by atoms with E-state index in [-0.39, 0.29) is 18.8 Å². The number of rotatable bonds is 2. The molecule has 1 saturated carbocycles. The lowest BCUT2D eigenvalue weighted by Gasteiger charge is -2.24. The summed E-state index contributed by atoms with van der Waals surface area (Å²) in [5, 5.41) is 0. The third kappa shape index (κ3) is 1.82. The predicted octanol–water partition coefficient (Wildman–Crippen LogP) is 2.65. The Morgan fingerprint density at radius 2 is 2.08 bits per heavy atom. The van der Waals surface area contributed by atoms with Crippen LogP contribution in [-0.2, 0) is 4.79 Å². The molecular formula is C9H14F2O. The summed E-state index contributed by atoms with van der Waals surface area (Å²) >= 11 is 0. The molecule has 1 aliphatic rings. The number of hydrogen-bond acceptors (Lipinski definition) is 1. The van der Waals surface area contributed by atoms with E-state index < -0.39 is 11.3 Å². The van der Waals surface area contributed by atoms with E-state index in [1.54, 1.807) is 13.8 Å². The largest absolute Gasteiger partial charge is 0.303 e. The van der Waals surface area contributed by atoms with Gasteiger partial charge < -0.3 is 4.79 Å². The first-order valence-electron chi connectivity index (χ1n) is 4.21. The van der Waals surface area contributed by atoms with Crippen LogP contribution in [0.2, 0.25) is 0 Å². The highest BCUT2D eigenvalue weighted by molar-refractivity contribution is 5.58. The second kappa shape index (κ2) is 2.79. The molecule has 0 radical (unpaired) electrons. The van der Waals surface area contributed by atoms with Gasteiger partial charge in [0.1, 0.15) is 6.29 Å². The van der Waals surface area contributed by atoms with E-state index in [2.05, 4.69) is 0 Å². The Balaban J connectivity index is 2.63. The molecular weight excluding hydrogens is 162 g/mol. The van der Waals surface area contributed by atoms with Crippen LogP contribution >= 0.6 is 0 Å². The quantitative estimate of drug-likeness (QED) is 0.591.